The fourth-order valence-corrected chi connectivity index (χ4v) is 1.46. The Labute approximate surface area is 105 Å². The van der Waals surface area contributed by atoms with E-state index >= 15 is 0 Å². The number of nitrogens with one attached hydrogen (secondary N) is 1. The number of aryl methyl sites for hydroxylation is 1. The topological polar surface area (TPSA) is 75.6 Å². The minimum atomic E-state index is -1.16. The van der Waals surface area contributed by atoms with Crippen LogP contribution in [-0.2, 0) is 16.0 Å². The Morgan fingerprint density at radius 2 is 2.11 bits per heavy atom. The maximum Gasteiger partial charge on any atom is 0.328 e. The first-order valence-corrected chi connectivity index (χ1v) is 5.45. The molecule has 0 heterocycles. The lowest BCUT2D eigenvalue weighted by Gasteiger charge is -2.09. The summed E-state index contributed by atoms with van der Waals surface area (Å²) in [5, 5.41) is 11.0. The Bertz CT molecular complexity index is 480. The first-order valence-electron chi connectivity index (χ1n) is 5.45. The van der Waals surface area contributed by atoms with E-state index in [9.17, 15) is 9.59 Å². The molecule has 0 unspecified atom stereocenters. The van der Waals surface area contributed by atoms with Crippen molar-refractivity contribution in [3.8, 4) is 5.75 Å². The molecule has 5 heteroatoms. The monoisotopic (exact) mass is 249 g/mol. The molecule has 5 nitrogen and oxygen atoms in total. The van der Waals surface area contributed by atoms with Crippen molar-refractivity contribution in [1.29, 1.82) is 0 Å². The van der Waals surface area contributed by atoms with Crippen molar-refractivity contribution in [2.24, 2.45) is 0 Å². The van der Waals surface area contributed by atoms with Crippen molar-refractivity contribution in [3.05, 3.63) is 35.9 Å². The maximum absolute atomic E-state index is 11.4. The van der Waals surface area contributed by atoms with Crippen LogP contribution >= 0.6 is 0 Å². The number of methoxy groups -OCH3 is 1. The van der Waals surface area contributed by atoms with E-state index in [0.717, 1.165) is 29.9 Å². The molecule has 0 fully saturated rings. The third-order valence-corrected chi connectivity index (χ3v) is 2.31. The summed E-state index contributed by atoms with van der Waals surface area (Å²) in [6.45, 7) is 1.98. The normalized spacial score (nSPS) is 10.3. The van der Waals surface area contributed by atoms with Gasteiger partial charge in [0.05, 0.1) is 7.11 Å². The van der Waals surface area contributed by atoms with Crippen molar-refractivity contribution in [2.75, 3.05) is 12.4 Å². The third kappa shape index (κ3) is 3.93. The van der Waals surface area contributed by atoms with Crippen LogP contribution in [0.3, 0.4) is 0 Å². The fraction of sp³-hybridized carbons (Fsp3) is 0.231. The lowest BCUT2D eigenvalue weighted by molar-refractivity contribution is -0.131. The SMILES string of the molecule is CCc1cc(NC(=O)/C=C/C(=O)O)ccc1OC. The van der Waals surface area contributed by atoms with E-state index in [1.54, 1.807) is 25.3 Å². The van der Waals surface area contributed by atoms with Crippen LogP contribution in [-0.4, -0.2) is 24.1 Å². The zero-order valence-electron chi connectivity index (χ0n) is 10.3. The molecule has 0 aliphatic carbocycles. The Balaban J connectivity index is 2.79. The number of ether oxygens (including phenoxy) is 1. The number of anilines is 1. The molecule has 0 saturated carbocycles. The number of aliphatic carboxylic acids is 1. The predicted molar refractivity (Wildman–Crippen MR) is 67.8 cm³/mol. The summed E-state index contributed by atoms with van der Waals surface area (Å²) in [4.78, 5) is 21.6. The number of benzene rings is 1. The van der Waals surface area contributed by atoms with E-state index in [1.807, 2.05) is 6.92 Å². The van der Waals surface area contributed by atoms with Crippen LogP contribution in [0.15, 0.2) is 30.4 Å². The molecule has 1 aromatic rings. The number of amides is 1. The minimum absolute atomic E-state index is 0.482. The van der Waals surface area contributed by atoms with Gasteiger partial charge in [0, 0.05) is 17.8 Å². The number of carboxylic acids is 1. The molecule has 1 rings (SSSR count). The minimum Gasteiger partial charge on any atom is -0.496 e. The van der Waals surface area contributed by atoms with Gasteiger partial charge in [-0.05, 0) is 30.2 Å². The van der Waals surface area contributed by atoms with Crippen molar-refractivity contribution in [1.82, 2.24) is 0 Å². The molecule has 0 radical (unpaired) electrons. The molecule has 0 aromatic heterocycles. The van der Waals surface area contributed by atoms with Crippen molar-refractivity contribution >= 4 is 17.6 Å². The molecule has 0 atom stereocenters. The van der Waals surface area contributed by atoms with Crippen molar-refractivity contribution < 1.29 is 19.4 Å². The molecule has 1 aromatic carbocycles. The summed E-state index contributed by atoms with van der Waals surface area (Å²) < 4.78 is 5.17. The van der Waals surface area contributed by atoms with Crippen LogP contribution < -0.4 is 10.1 Å². The Kier molecular flexibility index (Phi) is 4.92. The van der Waals surface area contributed by atoms with Crippen LogP contribution in [0.4, 0.5) is 5.69 Å². The first kappa shape index (κ1) is 13.8. The van der Waals surface area contributed by atoms with Gasteiger partial charge in [-0.3, -0.25) is 4.79 Å². The molecule has 18 heavy (non-hydrogen) atoms. The fourth-order valence-electron chi connectivity index (χ4n) is 1.46. The van der Waals surface area contributed by atoms with Crippen LogP contribution in [0.25, 0.3) is 0 Å². The van der Waals surface area contributed by atoms with E-state index in [2.05, 4.69) is 5.32 Å². The number of carbonyl (C=O) groups excluding carboxylic acids is 1. The highest BCUT2D eigenvalue weighted by Gasteiger charge is 2.04. The van der Waals surface area contributed by atoms with E-state index in [1.165, 1.54) is 0 Å². The average Bonchev–Trinajstić information content (AvgIpc) is 2.36. The summed E-state index contributed by atoms with van der Waals surface area (Å²) in [5.41, 5.74) is 1.57. The largest absolute Gasteiger partial charge is 0.496 e. The smallest absolute Gasteiger partial charge is 0.328 e. The lowest BCUT2D eigenvalue weighted by Crippen LogP contribution is -2.09. The molecule has 0 spiro atoms. The molecule has 0 bridgehead atoms. The Morgan fingerprint density at radius 3 is 2.67 bits per heavy atom. The van der Waals surface area contributed by atoms with Gasteiger partial charge in [0.2, 0.25) is 5.91 Å². The molecule has 0 aliphatic rings. The summed E-state index contributed by atoms with van der Waals surface area (Å²) in [6.07, 6.45) is 2.54. The summed E-state index contributed by atoms with van der Waals surface area (Å²) in [6, 6.07) is 5.26. The number of carbonyl (C=O) groups is 2. The summed E-state index contributed by atoms with van der Waals surface area (Å²) >= 11 is 0. The first-order chi connectivity index (χ1) is 8.56. The standard InChI is InChI=1S/C13H15NO4/c1-3-9-8-10(4-5-11(9)18-2)14-12(15)6-7-13(16)17/h4-8H,3H2,1-2H3,(H,14,15)(H,16,17)/b7-6+. The quantitative estimate of drug-likeness (QED) is 0.781. The van der Waals surface area contributed by atoms with Gasteiger partial charge in [0.1, 0.15) is 5.75 Å². The van der Waals surface area contributed by atoms with E-state index in [-0.39, 0.29) is 0 Å². The molecule has 96 valence electrons. The molecular formula is C13H15NO4. The molecular weight excluding hydrogens is 234 g/mol. The second kappa shape index (κ2) is 6.44. The number of hydrogen-bond acceptors (Lipinski definition) is 3. The maximum atomic E-state index is 11.4. The van der Waals surface area contributed by atoms with Gasteiger partial charge in [-0.15, -0.1) is 0 Å². The second-order valence-corrected chi connectivity index (χ2v) is 3.54. The van der Waals surface area contributed by atoms with E-state index in [4.69, 9.17) is 9.84 Å². The van der Waals surface area contributed by atoms with Gasteiger partial charge in [-0.25, -0.2) is 4.79 Å². The highest BCUT2D eigenvalue weighted by molar-refractivity contribution is 6.02. The van der Waals surface area contributed by atoms with Gasteiger partial charge < -0.3 is 15.2 Å². The van der Waals surface area contributed by atoms with Gasteiger partial charge >= 0.3 is 5.97 Å². The zero-order valence-corrected chi connectivity index (χ0v) is 10.3. The molecule has 1 amide bonds. The van der Waals surface area contributed by atoms with Crippen LogP contribution in [0.5, 0.6) is 5.75 Å². The Morgan fingerprint density at radius 1 is 1.39 bits per heavy atom. The highest BCUT2D eigenvalue weighted by atomic mass is 16.5. The number of carboxylic acid groups (broad SMARTS) is 1. The summed E-state index contributed by atoms with van der Waals surface area (Å²) in [5.74, 6) is -0.879. The van der Waals surface area contributed by atoms with Crippen LogP contribution in [0.2, 0.25) is 0 Å². The van der Waals surface area contributed by atoms with Crippen molar-refractivity contribution in [2.45, 2.75) is 13.3 Å². The second-order valence-electron chi connectivity index (χ2n) is 3.54. The predicted octanol–water partition coefficient (Wildman–Crippen LogP) is 1.84. The zero-order chi connectivity index (χ0) is 13.5. The van der Waals surface area contributed by atoms with Gasteiger partial charge in [-0.2, -0.15) is 0 Å². The average molecular weight is 249 g/mol. The molecule has 2 N–H and O–H groups in total. The molecule has 0 aliphatic heterocycles. The molecule has 0 saturated heterocycles. The third-order valence-electron chi connectivity index (χ3n) is 2.31. The van der Waals surface area contributed by atoms with Crippen LogP contribution in [0.1, 0.15) is 12.5 Å². The van der Waals surface area contributed by atoms with Gasteiger partial charge in [0.25, 0.3) is 0 Å². The Hall–Kier alpha value is -2.30. The van der Waals surface area contributed by atoms with E-state index in [0.29, 0.717) is 5.69 Å². The van der Waals surface area contributed by atoms with Gasteiger partial charge in [0.15, 0.2) is 0 Å². The van der Waals surface area contributed by atoms with Crippen molar-refractivity contribution in [3.63, 3.8) is 0 Å². The number of hydrogen-bond donors (Lipinski definition) is 2. The van der Waals surface area contributed by atoms with E-state index < -0.39 is 11.9 Å². The highest BCUT2D eigenvalue weighted by Crippen LogP contribution is 2.22. The number of rotatable bonds is 5. The summed E-state index contributed by atoms with van der Waals surface area (Å²) in [7, 11) is 1.59. The van der Waals surface area contributed by atoms with Crippen LogP contribution in [0, 0.1) is 0 Å². The van der Waals surface area contributed by atoms with Gasteiger partial charge in [-0.1, -0.05) is 6.92 Å². The lowest BCUT2D eigenvalue weighted by atomic mass is 10.1.